The van der Waals surface area contributed by atoms with Crippen molar-refractivity contribution in [3.05, 3.63) is 102 Å². The van der Waals surface area contributed by atoms with E-state index in [-0.39, 0.29) is 12.6 Å². The molecule has 37 heavy (non-hydrogen) atoms. The molecule has 1 amide bonds. The summed E-state index contributed by atoms with van der Waals surface area (Å²) >= 11 is 0. The van der Waals surface area contributed by atoms with Gasteiger partial charge in [-0.2, -0.15) is 0 Å². The van der Waals surface area contributed by atoms with Gasteiger partial charge in [-0.3, -0.25) is 4.79 Å². The number of aromatic amines is 1. The molecule has 0 atom stereocenters. The third-order valence-corrected chi connectivity index (χ3v) is 5.29. The van der Waals surface area contributed by atoms with Crippen LogP contribution in [-0.4, -0.2) is 36.0 Å². The Morgan fingerprint density at radius 3 is 2.32 bits per heavy atom. The summed E-state index contributed by atoms with van der Waals surface area (Å²) in [5.41, 5.74) is 10.9. The van der Waals surface area contributed by atoms with Gasteiger partial charge in [-0.25, -0.2) is 9.79 Å². The predicted molar refractivity (Wildman–Crippen MR) is 146 cm³/mol. The molecule has 0 spiro atoms. The van der Waals surface area contributed by atoms with Crippen LogP contribution >= 0.6 is 0 Å². The molecule has 4 aromatic rings. The Kier molecular flexibility index (Phi) is 10.3. The maximum absolute atomic E-state index is 12.0. The van der Waals surface area contributed by atoms with Gasteiger partial charge in [-0.1, -0.05) is 48.5 Å². The number of ether oxygens (including phenoxy) is 2. The number of alkyl carbamates (subject to hydrolysis) is 1. The number of carbonyl (C=O) groups is 2. The molecular formula is C29H32N4O4. The Balaban J connectivity index is 0.000000568. The summed E-state index contributed by atoms with van der Waals surface area (Å²) in [4.78, 5) is 29.5. The molecule has 1 heterocycles. The lowest BCUT2D eigenvalue weighted by molar-refractivity contribution is -0.140. The summed E-state index contributed by atoms with van der Waals surface area (Å²) in [6.45, 7) is 4.38. The van der Waals surface area contributed by atoms with Gasteiger partial charge in [0.15, 0.2) is 0 Å². The molecule has 0 aliphatic heterocycles. The molecule has 0 aliphatic rings. The van der Waals surface area contributed by atoms with Crippen LogP contribution < -0.4 is 11.1 Å². The first-order chi connectivity index (χ1) is 18.0. The van der Waals surface area contributed by atoms with Crippen molar-refractivity contribution in [1.82, 2.24) is 10.3 Å². The first kappa shape index (κ1) is 27.0. The second-order valence-corrected chi connectivity index (χ2v) is 8.07. The van der Waals surface area contributed by atoms with Gasteiger partial charge in [-0.05, 0) is 54.8 Å². The van der Waals surface area contributed by atoms with E-state index in [0.717, 1.165) is 33.3 Å². The molecule has 4 N–H and O–H groups in total. The van der Waals surface area contributed by atoms with Crippen molar-refractivity contribution in [2.24, 2.45) is 10.7 Å². The number of para-hydroxylation sites is 1. The number of carbonyl (C=O) groups excluding carboxylic acids is 2. The van der Waals surface area contributed by atoms with Crippen LogP contribution in [0, 0.1) is 0 Å². The predicted octanol–water partition coefficient (Wildman–Crippen LogP) is 5.24. The summed E-state index contributed by atoms with van der Waals surface area (Å²) in [5.74, 6) is 0.250. The number of rotatable bonds is 8. The quantitative estimate of drug-likeness (QED) is 0.174. The molecule has 0 fully saturated rings. The summed E-state index contributed by atoms with van der Waals surface area (Å²) in [6, 6.07) is 25.2. The van der Waals surface area contributed by atoms with Crippen molar-refractivity contribution in [2.45, 2.75) is 26.9 Å². The number of esters is 1. The third-order valence-electron chi connectivity index (χ3n) is 5.29. The lowest BCUT2D eigenvalue weighted by Gasteiger charge is -2.07. The number of H-pyrrole nitrogens is 1. The number of nitrogens with two attached hydrogens (primary N) is 1. The summed E-state index contributed by atoms with van der Waals surface area (Å²) < 4.78 is 9.65. The van der Waals surface area contributed by atoms with Gasteiger partial charge in [0.25, 0.3) is 0 Å². The standard InChI is InChI=1S/C25H24N4O2.C4H8O2/c26-24(29-21-9-5-2-6-10-21)19-11-12-23-22(15-19)20(16-28-23)13-14-27-25(30)31-17-18-7-3-1-4-8-18;1-3-6-4(2)5/h1-12,15-16,28H,13-14,17H2,(H2,26,29)(H,27,30);3H2,1-2H3. The smallest absolute Gasteiger partial charge is 0.407 e. The maximum Gasteiger partial charge on any atom is 0.407 e. The van der Waals surface area contributed by atoms with Crippen LogP contribution in [0.4, 0.5) is 10.5 Å². The van der Waals surface area contributed by atoms with Gasteiger partial charge >= 0.3 is 12.1 Å². The third kappa shape index (κ3) is 8.85. The molecule has 0 unspecified atom stereocenters. The van der Waals surface area contributed by atoms with Crippen LogP contribution in [0.5, 0.6) is 0 Å². The van der Waals surface area contributed by atoms with E-state index in [4.69, 9.17) is 10.5 Å². The highest BCUT2D eigenvalue weighted by Crippen LogP contribution is 2.21. The number of aromatic nitrogens is 1. The molecule has 0 radical (unpaired) electrons. The van der Waals surface area contributed by atoms with Crippen LogP contribution in [-0.2, 0) is 27.3 Å². The van der Waals surface area contributed by atoms with Crippen LogP contribution in [0.25, 0.3) is 10.9 Å². The fraction of sp³-hybridized carbons (Fsp3) is 0.207. The molecule has 0 saturated carbocycles. The second-order valence-electron chi connectivity index (χ2n) is 8.07. The fourth-order valence-corrected chi connectivity index (χ4v) is 3.53. The Morgan fingerprint density at radius 2 is 1.68 bits per heavy atom. The number of aliphatic imine (C=N–C) groups is 1. The molecule has 1 aromatic heterocycles. The van der Waals surface area contributed by atoms with Crippen LogP contribution in [0.1, 0.15) is 30.5 Å². The molecule has 0 aliphatic carbocycles. The van der Waals surface area contributed by atoms with Gasteiger partial charge in [0.1, 0.15) is 12.4 Å². The number of amides is 1. The lowest BCUT2D eigenvalue weighted by Crippen LogP contribution is -2.26. The molecule has 192 valence electrons. The molecular weight excluding hydrogens is 468 g/mol. The van der Waals surface area contributed by atoms with E-state index in [9.17, 15) is 9.59 Å². The monoisotopic (exact) mass is 500 g/mol. The van der Waals surface area contributed by atoms with Gasteiger partial charge in [0.2, 0.25) is 0 Å². The largest absolute Gasteiger partial charge is 0.466 e. The Bertz CT molecular complexity index is 1320. The normalized spacial score (nSPS) is 10.8. The summed E-state index contributed by atoms with van der Waals surface area (Å²) in [7, 11) is 0. The van der Waals surface area contributed by atoms with E-state index < -0.39 is 6.09 Å². The number of fused-ring (bicyclic) bond motifs is 1. The first-order valence-electron chi connectivity index (χ1n) is 12.0. The van der Waals surface area contributed by atoms with E-state index in [1.807, 2.05) is 85.1 Å². The zero-order valence-electron chi connectivity index (χ0n) is 21.1. The van der Waals surface area contributed by atoms with E-state index >= 15 is 0 Å². The lowest BCUT2D eigenvalue weighted by atomic mass is 10.1. The van der Waals surface area contributed by atoms with E-state index in [1.54, 1.807) is 6.92 Å². The highest BCUT2D eigenvalue weighted by molar-refractivity contribution is 6.02. The van der Waals surface area contributed by atoms with Crippen molar-refractivity contribution in [1.29, 1.82) is 0 Å². The zero-order valence-corrected chi connectivity index (χ0v) is 21.1. The van der Waals surface area contributed by atoms with Crippen molar-refractivity contribution in [3.8, 4) is 0 Å². The number of nitrogens with one attached hydrogen (secondary N) is 2. The van der Waals surface area contributed by atoms with Gasteiger partial charge in [0, 0.05) is 36.1 Å². The minimum atomic E-state index is -0.427. The van der Waals surface area contributed by atoms with E-state index in [2.05, 4.69) is 20.0 Å². The average molecular weight is 501 g/mol. The van der Waals surface area contributed by atoms with Crippen molar-refractivity contribution in [3.63, 3.8) is 0 Å². The second kappa shape index (κ2) is 14.1. The van der Waals surface area contributed by atoms with Crippen LogP contribution in [0.3, 0.4) is 0 Å². The van der Waals surface area contributed by atoms with Crippen LogP contribution in [0.15, 0.2) is 90.1 Å². The number of nitrogens with zero attached hydrogens (tertiary/aromatic N) is 1. The molecule has 0 bridgehead atoms. The Hall–Kier alpha value is -4.59. The zero-order chi connectivity index (χ0) is 26.5. The van der Waals surface area contributed by atoms with Crippen molar-refractivity contribution < 1.29 is 19.1 Å². The number of amidine groups is 1. The van der Waals surface area contributed by atoms with Gasteiger partial charge in [0.05, 0.1) is 12.3 Å². The van der Waals surface area contributed by atoms with E-state index in [0.29, 0.717) is 25.4 Å². The first-order valence-corrected chi connectivity index (χ1v) is 12.0. The topological polar surface area (TPSA) is 119 Å². The average Bonchev–Trinajstić information content (AvgIpc) is 3.31. The van der Waals surface area contributed by atoms with Gasteiger partial charge in [-0.15, -0.1) is 0 Å². The van der Waals surface area contributed by atoms with Gasteiger partial charge < -0.3 is 25.5 Å². The molecule has 0 saturated heterocycles. The minimum absolute atomic E-state index is 0.211. The number of hydrogen-bond acceptors (Lipinski definition) is 5. The fourth-order valence-electron chi connectivity index (χ4n) is 3.53. The van der Waals surface area contributed by atoms with Crippen molar-refractivity contribution in [2.75, 3.05) is 13.2 Å². The highest BCUT2D eigenvalue weighted by Gasteiger charge is 2.08. The highest BCUT2D eigenvalue weighted by atomic mass is 16.5. The molecule has 8 nitrogen and oxygen atoms in total. The summed E-state index contributed by atoms with van der Waals surface area (Å²) in [5, 5.41) is 3.86. The minimum Gasteiger partial charge on any atom is -0.466 e. The maximum atomic E-state index is 12.0. The SMILES string of the molecule is CCOC(C)=O.NC(=Nc1ccccc1)c1ccc2[nH]cc(CCNC(=O)OCc3ccccc3)c2c1. The van der Waals surface area contributed by atoms with E-state index in [1.165, 1.54) is 6.92 Å². The molecule has 8 heteroatoms. The summed E-state index contributed by atoms with van der Waals surface area (Å²) in [6.07, 6.45) is 2.19. The molecule has 4 rings (SSSR count). The van der Waals surface area contributed by atoms with Crippen molar-refractivity contribution >= 4 is 34.5 Å². The Labute approximate surface area is 216 Å². The number of benzene rings is 3. The number of hydrogen-bond donors (Lipinski definition) is 3. The van der Waals surface area contributed by atoms with Crippen LogP contribution in [0.2, 0.25) is 0 Å². The molecule has 3 aromatic carbocycles. The Morgan fingerprint density at radius 1 is 0.973 bits per heavy atom.